The Morgan fingerprint density at radius 3 is 2.79 bits per heavy atom. The highest BCUT2D eigenvalue weighted by atomic mass is 79.9. The molecule has 0 saturated heterocycles. The van der Waals surface area contributed by atoms with Gasteiger partial charge in [0.1, 0.15) is 6.33 Å². The molecule has 3 rings (SSSR count). The molecule has 0 spiro atoms. The molecule has 3 aromatic rings. The Labute approximate surface area is 149 Å². The topological polar surface area (TPSA) is 108 Å². The summed E-state index contributed by atoms with van der Waals surface area (Å²) in [4.78, 5) is 28.8. The zero-order valence-electron chi connectivity index (χ0n) is 13.0. The number of imidazole rings is 1. The quantitative estimate of drug-likeness (QED) is 0.559. The Morgan fingerprint density at radius 2 is 2.08 bits per heavy atom. The summed E-state index contributed by atoms with van der Waals surface area (Å²) in [5.74, 6) is 0.0377. The van der Waals surface area contributed by atoms with Gasteiger partial charge in [-0.15, -0.1) is 10.2 Å². The number of fused-ring (bicyclic) bond motifs is 1. The van der Waals surface area contributed by atoms with Crippen LogP contribution >= 0.6 is 27.7 Å². The number of aromatic amines is 2. The smallest absolute Gasteiger partial charge is 0.323 e. The summed E-state index contributed by atoms with van der Waals surface area (Å²) < 4.78 is 2.60. The van der Waals surface area contributed by atoms with Gasteiger partial charge in [0.15, 0.2) is 5.16 Å². The van der Waals surface area contributed by atoms with Crippen molar-refractivity contribution in [3.8, 4) is 0 Å². The summed E-state index contributed by atoms with van der Waals surface area (Å²) >= 11 is 4.71. The van der Waals surface area contributed by atoms with Gasteiger partial charge in [-0.25, -0.2) is 4.79 Å². The molecule has 3 N–H and O–H groups in total. The number of carbonyl (C=O) groups is 1. The standard InChI is InChI=1S/C14H15BrN6O2S/c1-7(2)21-6-16-20-14(21)24-5-12(22)17-9-4-11-10(3-8(9)15)18-13(23)19-11/h3-4,6-7H,5H2,1-2H3,(H,17,22)(H2,18,19,23). The van der Waals surface area contributed by atoms with E-state index in [9.17, 15) is 9.59 Å². The average Bonchev–Trinajstić information content (AvgIpc) is 3.11. The van der Waals surface area contributed by atoms with Crippen molar-refractivity contribution in [2.45, 2.75) is 25.0 Å². The number of thioether (sulfide) groups is 1. The number of aromatic nitrogens is 5. The fourth-order valence-electron chi connectivity index (χ4n) is 2.16. The van der Waals surface area contributed by atoms with Crippen molar-refractivity contribution in [1.29, 1.82) is 0 Å². The number of nitrogens with zero attached hydrogens (tertiary/aromatic N) is 3. The Kier molecular flexibility index (Phi) is 4.76. The van der Waals surface area contributed by atoms with Crippen molar-refractivity contribution in [2.24, 2.45) is 0 Å². The van der Waals surface area contributed by atoms with E-state index in [0.29, 0.717) is 26.3 Å². The van der Waals surface area contributed by atoms with Crippen molar-refractivity contribution in [3.05, 3.63) is 33.4 Å². The number of anilines is 1. The molecule has 0 unspecified atom stereocenters. The number of rotatable bonds is 5. The van der Waals surface area contributed by atoms with Crippen LogP contribution in [0.25, 0.3) is 11.0 Å². The molecule has 0 aliphatic carbocycles. The molecule has 10 heteroatoms. The summed E-state index contributed by atoms with van der Waals surface area (Å²) in [6.07, 6.45) is 1.65. The highest BCUT2D eigenvalue weighted by Gasteiger charge is 2.12. The molecule has 24 heavy (non-hydrogen) atoms. The van der Waals surface area contributed by atoms with Crippen molar-refractivity contribution >= 4 is 50.3 Å². The third-order valence-electron chi connectivity index (χ3n) is 3.31. The number of benzene rings is 1. The van der Waals surface area contributed by atoms with Crippen LogP contribution in [0.15, 0.2) is 32.9 Å². The van der Waals surface area contributed by atoms with Gasteiger partial charge in [-0.05, 0) is 41.9 Å². The third-order valence-corrected chi connectivity index (χ3v) is 4.92. The molecule has 0 radical (unpaired) electrons. The maximum atomic E-state index is 12.2. The largest absolute Gasteiger partial charge is 0.324 e. The molecule has 2 aromatic heterocycles. The molecule has 0 fully saturated rings. The zero-order chi connectivity index (χ0) is 17.3. The van der Waals surface area contributed by atoms with E-state index in [1.165, 1.54) is 11.8 Å². The van der Waals surface area contributed by atoms with Gasteiger partial charge in [-0.1, -0.05) is 11.8 Å². The summed E-state index contributed by atoms with van der Waals surface area (Å²) in [5.41, 5.74) is 1.60. The van der Waals surface area contributed by atoms with E-state index in [2.05, 4.69) is 41.4 Å². The van der Waals surface area contributed by atoms with Gasteiger partial charge in [0.2, 0.25) is 5.91 Å². The van der Waals surface area contributed by atoms with E-state index in [-0.39, 0.29) is 23.4 Å². The molecule has 1 amide bonds. The average molecular weight is 411 g/mol. The van der Waals surface area contributed by atoms with Crippen LogP contribution in [0.3, 0.4) is 0 Å². The van der Waals surface area contributed by atoms with Crippen LogP contribution in [0, 0.1) is 0 Å². The molecule has 1 aromatic carbocycles. The molecule has 126 valence electrons. The maximum Gasteiger partial charge on any atom is 0.323 e. The van der Waals surface area contributed by atoms with E-state index in [1.54, 1.807) is 18.5 Å². The number of amides is 1. The maximum absolute atomic E-state index is 12.2. The van der Waals surface area contributed by atoms with Crippen LogP contribution in [0.2, 0.25) is 0 Å². The number of hydrogen-bond acceptors (Lipinski definition) is 5. The first-order valence-electron chi connectivity index (χ1n) is 7.17. The minimum absolute atomic E-state index is 0.170. The van der Waals surface area contributed by atoms with Crippen molar-refractivity contribution in [1.82, 2.24) is 24.7 Å². The van der Waals surface area contributed by atoms with Crippen molar-refractivity contribution in [2.75, 3.05) is 11.1 Å². The number of halogens is 1. The van der Waals surface area contributed by atoms with Gasteiger partial charge < -0.3 is 19.9 Å². The van der Waals surface area contributed by atoms with E-state index in [4.69, 9.17) is 0 Å². The molecular weight excluding hydrogens is 396 g/mol. The van der Waals surface area contributed by atoms with E-state index in [0.717, 1.165) is 0 Å². The Morgan fingerprint density at radius 1 is 1.38 bits per heavy atom. The monoisotopic (exact) mass is 410 g/mol. The van der Waals surface area contributed by atoms with E-state index in [1.807, 2.05) is 18.4 Å². The van der Waals surface area contributed by atoms with Gasteiger partial charge >= 0.3 is 5.69 Å². The molecule has 0 bridgehead atoms. The van der Waals surface area contributed by atoms with Gasteiger partial charge in [0.05, 0.1) is 22.5 Å². The molecule has 2 heterocycles. The van der Waals surface area contributed by atoms with Crippen LogP contribution in [-0.2, 0) is 4.79 Å². The number of hydrogen-bond donors (Lipinski definition) is 3. The molecule has 0 aliphatic heterocycles. The fourth-order valence-corrected chi connectivity index (χ4v) is 3.44. The van der Waals surface area contributed by atoms with Gasteiger partial charge in [-0.3, -0.25) is 4.79 Å². The SMILES string of the molecule is CC(C)n1cnnc1SCC(=O)Nc1cc2[nH]c(=O)[nH]c2cc1Br. The minimum atomic E-state index is -0.288. The fraction of sp³-hybridized carbons (Fsp3) is 0.286. The second-order valence-corrected chi connectivity index (χ2v) is 7.20. The lowest BCUT2D eigenvalue weighted by Crippen LogP contribution is -2.15. The molecule has 0 atom stereocenters. The molecule has 8 nitrogen and oxygen atoms in total. The summed E-state index contributed by atoms with van der Waals surface area (Å²) in [7, 11) is 0. The Bertz CT molecular complexity index is 944. The number of nitrogens with one attached hydrogen (secondary N) is 3. The zero-order valence-corrected chi connectivity index (χ0v) is 15.4. The third kappa shape index (κ3) is 3.54. The second-order valence-electron chi connectivity index (χ2n) is 5.41. The predicted molar refractivity (Wildman–Crippen MR) is 96.4 cm³/mol. The van der Waals surface area contributed by atoms with Crippen LogP contribution in [-0.4, -0.2) is 36.4 Å². The summed E-state index contributed by atoms with van der Waals surface area (Å²) in [6, 6.07) is 3.68. The van der Waals surface area contributed by atoms with Gasteiger partial charge in [-0.2, -0.15) is 0 Å². The van der Waals surface area contributed by atoms with Crippen LogP contribution in [0.5, 0.6) is 0 Å². The first kappa shape index (κ1) is 16.8. The highest BCUT2D eigenvalue weighted by molar-refractivity contribution is 9.10. The summed E-state index contributed by atoms with van der Waals surface area (Å²) in [6.45, 7) is 4.05. The van der Waals surface area contributed by atoms with Crippen molar-refractivity contribution in [3.63, 3.8) is 0 Å². The lowest BCUT2D eigenvalue weighted by atomic mass is 10.3. The van der Waals surface area contributed by atoms with Crippen LogP contribution in [0.1, 0.15) is 19.9 Å². The lowest BCUT2D eigenvalue weighted by Gasteiger charge is -2.10. The lowest BCUT2D eigenvalue weighted by molar-refractivity contribution is -0.113. The van der Waals surface area contributed by atoms with Crippen LogP contribution < -0.4 is 11.0 Å². The first-order chi connectivity index (χ1) is 11.4. The first-order valence-corrected chi connectivity index (χ1v) is 8.95. The van der Waals surface area contributed by atoms with E-state index >= 15 is 0 Å². The van der Waals surface area contributed by atoms with Crippen molar-refractivity contribution < 1.29 is 4.79 Å². The second kappa shape index (κ2) is 6.81. The number of H-pyrrole nitrogens is 2. The molecule has 0 saturated carbocycles. The normalized spacial score (nSPS) is 11.3. The van der Waals surface area contributed by atoms with Crippen LogP contribution in [0.4, 0.5) is 5.69 Å². The van der Waals surface area contributed by atoms with E-state index < -0.39 is 0 Å². The summed E-state index contributed by atoms with van der Waals surface area (Å²) in [5, 5.41) is 11.4. The predicted octanol–water partition coefficient (Wildman–Crippen LogP) is 2.52. The minimum Gasteiger partial charge on any atom is -0.324 e. The molecule has 0 aliphatic rings. The Balaban J connectivity index is 1.69. The number of carbonyl (C=O) groups excluding carboxylic acids is 1. The van der Waals surface area contributed by atoms with Gasteiger partial charge in [0.25, 0.3) is 0 Å². The van der Waals surface area contributed by atoms with Gasteiger partial charge in [0, 0.05) is 10.5 Å². The Hall–Kier alpha value is -2.07. The molecular formula is C14H15BrN6O2S. The highest BCUT2D eigenvalue weighted by Crippen LogP contribution is 2.27.